The van der Waals surface area contributed by atoms with Crippen molar-refractivity contribution in [2.24, 2.45) is 0 Å². The van der Waals surface area contributed by atoms with Crippen molar-refractivity contribution in [1.29, 1.82) is 0 Å². The molecular weight excluding hydrogens is 245 g/mol. The Morgan fingerprint density at radius 3 is 2.32 bits per heavy atom. The van der Waals surface area contributed by atoms with Gasteiger partial charge in [0.2, 0.25) is 0 Å². The summed E-state index contributed by atoms with van der Waals surface area (Å²) >= 11 is 0. The van der Waals surface area contributed by atoms with E-state index in [1.54, 1.807) is 20.3 Å². The third-order valence-electron chi connectivity index (χ3n) is 3.79. The highest BCUT2D eigenvalue weighted by Gasteiger charge is 2.22. The van der Waals surface area contributed by atoms with E-state index in [1.165, 1.54) is 6.92 Å². The number of rotatable bonds is 4. The average Bonchev–Trinajstić information content (AvgIpc) is 2.46. The van der Waals surface area contributed by atoms with Crippen LogP contribution in [0.25, 0.3) is 0 Å². The Labute approximate surface area is 114 Å². The van der Waals surface area contributed by atoms with Crippen molar-refractivity contribution in [2.45, 2.75) is 31.9 Å². The van der Waals surface area contributed by atoms with Crippen LogP contribution in [0.2, 0.25) is 0 Å². The highest BCUT2D eigenvalue weighted by atomic mass is 19.1. The van der Waals surface area contributed by atoms with Gasteiger partial charge in [-0.15, -0.1) is 0 Å². The molecule has 0 radical (unpaired) electrons. The van der Waals surface area contributed by atoms with Gasteiger partial charge in [-0.1, -0.05) is 0 Å². The standard InChI is InChI=1S/C15H22FNO2/c1-10(16)12-8-15(19-3)13(9-14(12)18-2)11-4-6-17-7-5-11/h8-11,17H,4-7H2,1-3H3. The minimum Gasteiger partial charge on any atom is -0.496 e. The fourth-order valence-electron chi connectivity index (χ4n) is 2.71. The first-order chi connectivity index (χ1) is 9.17. The normalized spacial score (nSPS) is 18.1. The molecule has 0 spiro atoms. The maximum atomic E-state index is 13.6. The van der Waals surface area contributed by atoms with Crippen LogP contribution in [0, 0.1) is 0 Å². The highest BCUT2D eigenvalue weighted by molar-refractivity contribution is 5.49. The van der Waals surface area contributed by atoms with E-state index in [-0.39, 0.29) is 0 Å². The van der Waals surface area contributed by atoms with Crippen LogP contribution < -0.4 is 14.8 Å². The highest BCUT2D eigenvalue weighted by Crippen LogP contribution is 2.39. The van der Waals surface area contributed by atoms with E-state index in [0.29, 0.717) is 17.2 Å². The van der Waals surface area contributed by atoms with E-state index in [1.807, 2.05) is 6.07 Å². The second-order valence-electron chi connectivity index (χ2n) is 4.98. The molecule has 3 nitrogen and oxygen atoms in total. The first-order valence-corrected chi connectivity index (χ1v) is 6.78. The van der Waals surface area contributed by atoms with E-state index < -0.39 is 6.17 Å². The predicted octanol–water partition coefficient (Wildman–Crippen LogP) is 3.20. The molecule has 0 saturated carbocycles. The number of ether oxygens (including phenoxy) is 2. The number of alkyl halides is 1. The van der Waals surface area contributed by atoms with Crippen molar-refractivity contribution in [3.63, 3.8) is 0 Å². The van der Waals surface area contributed by atoms with Crippen LogP contribution >= 0.6 is 0 Å². The van der Waals surface area contributed by atoms with Crippen LogP contribution in [0.5, 0.6) is 11.5 Å². The summed E-state index contributed by atoms with van der Waals surface area (Å²) in [6, 6.07) is 3.72. The van der Waals surface area contributed by atoms with Crippen LogP contribution in [0.4, 0.5) is 4.39 Å². The Kier molecular flexibility index (Phi) is 4.64. The van der Waals surface area contributed by atoms with Gasteiger partial charge in [-0.05, 0) is 50.9 Å². The Morgan fingerprint density at radius 2 is 1.79 bits per heavy atom. The summed E-state index contributed by atoms with van der Waals surface area (Å²) in [4.78, 5) is 0. The number of hydrogen-bond donors (Lipinski definition) is 1. The van der Waals surface area contributed by atoms with E-state index in [9.17, 15) is 4.39 Å². The molecule has 1 aromatic rings. The van der Waals surface area contributed by atoms with Crippen LogP contribution in [0.15, 0.2) is 12.1 Å². The van der Waals surface area contributed by atoms with Crippen LogP contribution in [-0.2, 0) is 0 Å². The fourth-order valence-corrected chi connectivity index (χ4v) is 2.71. The molecule has 0 bridgehead atoms. The van der Waals surface area contributed by atoms with Crippen molar-refractivity contribution < 1.29 is 13.9 Å². The lowest BCUT2D eigenvalue weighted by molar-refractivity contribution is 0.339. The zero-order valence-electron chi connectivity index (χ0n) is 11.8. The number of halogens is 1. The third kappa shape index (κ3) is 3.00. The summed E-state index contributed by atoms with van der Waals surface area (Å²) in [6.07, 6.45) is 1.08. The summed E-state index contributed by atoms with van der Waals surface area (Å²) in [5.41, 5.74) is 1.68. The first kappa shape index (κ1) is 14.1. The lowest BCUT2D eigenvalue weighted by Gasteiger charge is -2.26. The van der Waals surface area contributed by atoms with E-state index >= 15 is 0 Å². The molecule has 19 heavy (non-hydrogen) atoms. The molecule has 1 unspecified atom stereocenters. The number of benzene rings is 1. The molecule has 2 rings (SSSR count). The van der Waals surface area contributed by atoms with Gasteiger partial charge in [0.25, 0.3) is 0 Å². The quantitative estimate of drug-likeness (QED) is 0.908. The van der Waals surface area contributed by atoms with Crippen molar-refractivity contribution in [3.8, 4) is 11.5 Å². The molecule has 0 aliphatic carbocycles. The van der Waals surface area contributed by atoms with Crippen LogP contribution in [0.3, 0.4) is 0 Å². The number of hydrogen-bond acceptors (Lipinski definition) is 3. The monoisotopic (exact) mass is 267 g/mol. The first-order valence-electron chi connectivity index (χ1n) is 6.78. The van der Waals surface area contributed by atoms with Gasteiger partial charge in [0.05, 0.1) is 14.2 Å². The molecule has 1 aliphatic rings. The lowest BCUT2D eigenvalue weighted by Crippen LogP contribution is -2.26. The van der Waals surface area contributed by atoms with Crippen molar-refractivity contribution >= 4 is 0 Å². The Hall–Kier alpha value is -1.29. The van der Waals surface area contributed by atoms with Gasteiger partial charge < -0.3 is 14.8 Å². The Morgan fingerprint density at radius 1 is 1.16 bits per heavy atom. The van der Waals surface area contributed by atoms with Gasteiger partial charge in [0.1, 0.15) is 17.7 Å². The van der Waals surface area contributed by atoms with E-state index in [4.69, 9.17) is 9.47 Å². The largest absolute Gasteiger partial charge is 0.496 e. The van der Waals surface area contributed by atoms with Crippen molar-refractivity contribution in [3.05, 3.63) is 23.3 Å². The van der Waals surface area contributed by atoms with Crippen molar-refractivity contribution in [1.82, 2.24) is 5.32 Å². The molecule has 1 aromatic carbocycles. The SMILES string of the molecule is COc1cc(C2CCNCC2)c(OC)cc1C(C)F. The van der Waals surface area contributed by atoms with Gasteiger partial charge in [-0.25, -0.2) is 4.39 Å². The molecule has 0 aromatic heterocycles. The summed E-state index contributed by atoms with van der Waals surface area (Å²) < 4.78 is 24.4. The molecule has 106 valence electrons. The van der Waals surface area contributed by atoms with E-state index in [2.05, 4.69) is 5.32 Å². The third-order valence-corrected chi connectivity index (χ3v) is 3.79. The average molecular weight is 267 g/mol. The maximum absolute atomic E-state index is 13.6. The number of methoxy groups -OCH3 is 2. The van der Waals surface area contributed by atoms with Gasteiger partial charge in [0, 0.05) is 11.1 Å². The summed E-state index contributed by atoms with van der Waals surface area (Å²) in [6.45, 7) is 3.54. The zero-order valence-corrected chi connectivity index (χ0v) is 11.8. The van der Waals surface area contributed by atoms with Crippen molar-refractivity contribution in [2.75, 3.05) is 27.3 Å². The van der Waals surface area contributed by atoms with Gasteiger partial charge in [-0.2, -0.15) is 0 Å². The van der Waals surface area contributed by atoms with Crippen LogP contribution in [-0.4, -0.2) is 27.3 Å². The molecular formula is C15H22FNO2. The predicted molar refractivity (Wildman–Crippen MR) is 73.9 cm³/mol. The molecule has 1 heterocycles. The fraction of sp³-hybridized carbons (Fsp3) is 0.600. The molecule has 1 aliphatic heterocycles. The molecule has 0 amide bonds. The minimum absolute atomic E-state index is 0.453. The maximum Gasteiger partial charge on any atom is 0.126 e. The minimum atomic E-state index is -1.06. The number of nitrogens with one attached hydrogen (secondary N) is 1. The molecule has 4 heteroatoms. The summed E-state index contributed by atoms with van der Waals surface area (Å²) in [7, 11) is 3.22. The Bertz CT molecular complexity index is 428. The topological polar surface area (TPSA) is 30.5 Å². The smallest absolute Gasteiger partial charge is 0.126 e. The molecule has 1 atom stereocenters. The zero-order chi connectivity index (χ0) is 13.8. The second-order valence-corrected chi connectivity index (χ2v) is 4.98. The molecule has 1 fully saturated rings. The lowest BCUT2D eigenvalue weighted by atomic mass is 9.88. The second kappa shape index (κ2) is 6.24. The molecule has 1 N–H and O–H groups in total. The van der Waals surface area contributed by atoms with Gasteiger partial charge >= 0.3 is 0 Å². The van der Waals surface area contributed by atoms with Crippen LogP contribution in [0.1, 0.15) is 43.0 Å². The Balaban J connectivity index is 2.41. The summed E-state index contributed by atoms with van der Waals surface area (Å²) in [5, 5.41) is 3.35. The summed E-state index contributed by atoms with van der Waals surface area (Å²) in [5.74, 6) is 1.84. The van der Waals surface area contributed by atoms with E-state index in [0.717, 1.165) is 37.2 Å². The number of piperidine rings is 1. The van der Waals surface area contributed by atoms with Gasteiger partial charge in [0.15, 0.2) is 0 Å². The van der Waals surface area contributed by atoms with Gasteiger partial charge in [-0.3, -0.25) is 0 Å². The molecule has 1 saturated heterocycles.